The van der Waals surface area contributed by atoms with E-state index < -0.39 is 0 Å². The molecule has 5 heteroatoms. The maximum Gasteiger partial charge on any atom is 0.252 e. The molecule has 3 nitrogen and oxygen atoms in total. The van der Waals surface area contributed by atoms with Gasteiger partial charge in [0.2, 0.25) is 0 Å². The number of rotatable bonds is 4. The summed E-state index contributed by atoms with van der Waals surface area (Å²) in [7, 11) is 1.63. The average molecular weight is 336 g/mol. The van der Waals surface area contributed by atoms with Crippen LogP contribution < -0.4 is 10.1 Å². The van der Waals surface area contributed by atoms with Crippen molar-refractivity contribution in [1.29, 1.82) is 0 Å². The van der Waals surface area contributed by atoms with Crippen LogP contribution in [0.2, 0.25) is 10.0 Å². The van der Waals surface area contributed by atoms with Crippen molar-refractivity contribution in [3.05, 3.63) is 63.6 Å². The first kappa shape index (κ1) is 15.2. The fourth-order valence-electron chi connectivity index (χ4n) is 2.45. The highest BCUT2D eigenvalue weighted by Crippen LogP contribution is 2.46. The highest BCUT2D eigenvalue weighted by atomic mass is 35.5. The lowest BCUT2D eigenvalue weighted by Gasteiger charge is -2.18. The molecule has 0 aliphatic heterocycles. The van der Waals surface area contributed by atoms with E-state index in [-0.39, 0.29) is 11.4 Å². The SMILES string of the molecule is COc1ccc(C2(NC(=O)c3ccc(Cl)c(Cl)c3)CC2)cc1. The molecule has 22 heavy (non-hydrogen) atoms. The van der Waals surface area contributed by atoms with E-state index in [2.05, 4.69) is 5.32 Å². The molecule has 1 saturated carbocycles. The number of benzene rings is 2. The first-order valence-electron chi connectivity index (χ1n) is 6.96. The van der Waals surface area contributed by atoms with Gasteiger partial charge in [-0.1, -0.05) is 35.3 Å². The summed E-state index contributed by atoms with van der Waals surface area (Å²) in [6.07, 6.45) is 1.85. The van der Waals surface area contributed by atoms with Crippen LogP contribution in [0.3, 0.4) is 0 Å². The lowest BCUT2D eigenvalue weighted by molar-refractivity contribution is 0.0931. The van der Waals surface area contributed by atoms with Gasteiger partial charge in [0.25, 0.3) is 5.91 Å². The quantitative estimate of drug-likeness (QED) is 0.897. The first-order valence-corrected chi connectivity index (χ1v) is 7.72. The van der Waals surface area contributed by atoms with Crippen molar-refractivity contribution < 1.29 is 9.53 Å². The van der Waals surface area contributed by atoms with Crippen LogP contribution in [0.25, 0.3) is 0 Å². The lowest BCUT2D eigenvalue weighted by Crippen LogP contribution is -2.34. The summed E-state index contributed by atoms with van der Waals surface area (Å²) in [4.78, 5) is 12.4. The molecule has 0 radical (unpaired) electrons. The molecule has 114 valence electrons. The summed E-state index contributed by atoms with van der Waals surface area (Å²) in [6, 6.07) is 12.7. The van der Waals surface area contributed by atoms with E-state index >= 15 is 0 Å². The third-order valence-electron chi connectivity index (χ3n) is 3.93. The summed E-state index contributed by atoms with van der Waals surface area (Å²) in [5.74, 6) is 0.655. The van der Waals surface area contributed by atoms with Crippen molar-refractivity contribution in [2.45, 2.75) is 18.4 Å². The maximum atomic E-state index is 12.4. The summed E-state index contributed by atoms with van der Waals surface area (Å²) in [5.41, 5.74) is 1.31. The number of carbonyl (C=O) groups is 1. The highest BCUT2D eigenvalue weighted by molar-refractivity contribution is 6.42. The Bertz CT molecular complexity index is 709. The van der Waals surface area contributed by atoms with Gasteiger partial charge in [-0.15, -0.1) is 0 Å². The van der Waals surface area contributed by atoms with Crippen molar-refractivity contribution in [2.75, 3.05) is 7.11 Å². The van der Waals surface area contributed by atoms with Crippen LogP contribution in [0.4, 0.5) is 0 Å². The molecule has 0 unspecified atom stereocenters. The minimum atomic E-state index is -0.282. The average Bonchev–Trinajstić information content (AvgIpc) is 3.31. The van der Waals surface area contributed by atoms with Crippen LogP contribution in [-0.4, -0.2) is 13.0 Å². The second kappa shape index (κ2) is 5.82. The molecular weight excluding hydrogens is 321 g/mol. The van der Waals surface area contributed by atoms with E-state index in [1.165, 1.54) is 0 Å². The van der Waals surface area contributed by atoms with Crippen molar-refractivity contribution in [3.8, 4) is 5.75 Å². The van der Waals surface area contributed by atoms with Crippen LogP contribution in [0.5, 0.6) is 5.75 Å². The third kappa shape index (κ3) is 2.92. The maximum absolute atomic E-state index is 12.4. The van der Waals surface area contributed by atoms with Gasteiger partial charge in [-0.05, 0) is 48.7 Å². The minimum Gasteiger partial charge on any atom is -0.497 e. The van der Waals surface area contributed by atoms with Gasteiger partial charge in [0, 0.05) is 5.56 Å². The first-order chi connectivity index (χ1) is 10.5. The number of ether oxygens (including phenoxy) is 1. The zero-order chi connectivity index (χ0) is 15.7. The molecule has 0 spiro atoms. The number of halogens is 2. The summed E-state index contributed by atoms with van der Waals surface area (Å²) in [6.45, 7) is 0. The molecule has 3 rings (SSSR count). The summed E-state index contributed by atoms with van der Waals surface area (Å²) < 4.78 is 5.16. The Kier molecular flexibility index (Phi) is 4.02. The van der Waals surface area contributed by atoms with E-state index in [1.807, 2.05) is 24.3 Å². The number of hydrogen-bond acceptors (Lipinski definition) is 2. The molecule has 1 aliphatic rings. The van der Waals surface area contributed by atoms with Crippen molar-refractivity contribution in [3.63, 3.8) is 0 Å². The zero-order valence-electron chi connectivity index (χ0n) is 12.0. The van der Waals surface area contributed by atoms with E-state index in [1.54, 1.807) is 25.3 Å². The van der Waals surface area contributed by atoms with Gasteiger partial charge in [0.15, 0.2) is 0 Å². The number of nitrogens with one attached hydrogen (secondary N) is 1. The van der Waals surface area contributed by atoms with E-state index in [0.717, 1.165) is 24.2 Å². The van der Waals surface area contributed by atoms with Gasteiger partial charge in [0.05, 0.1) is 22.7 Å². The predicted octanol–water partition coefficient (Wildman–Crippen LogP) is 4.42. The smallest absolute Gasteiger partial charge is 0.252 e. The van der Waals surface area contributed by atoms with Crippen molar-refractivity contribution in [2.24, 2.45) is 0 Å². The number of carbonyl (C=O) groups excluding carboxylic acids is 1. The molecule has 2 aromatic rings. The Morgan fingerprint density at radius 3 is 2.32 bits per heavy atom. The molecule has 0 saturated heterocycles. The fourth-order valence-corrected chi connectivity index (χ4v) is 2.75. The van der Waals surface area contributed by atoms with Crippen LogP contribution in [0.15, 0.2) is 42.5 Å². The Morgan fingerprint density at radius 1 is 1.09 bits per heavy atom. The van der Waals surface area contributed by atoms with Crippen LogP contribution in [0.1, 0.15) is 28.8 Å². The summed E-state index contributed by atoms with van der Waals surface area (Å²) in [5, 5.41) is 3.92. The van der Waals surface area contributed by atoms with Crippen LogP contribution in [0, 0.1) is 0 Å². The molecule has 0 heterocycles. The van der Waals surface area contributed by atoms with Crippen molar-refractivity contribution in [1.82, 2.24) is 5.32 Å². The Labute approximate surface area is 139 Å². The Morgan fingerprint density at radius 2 is 1.77 bits per heavy atom. The van der Waals surface area contributed by atoms with E-state index in [9.17, 15) is 4.79 Å². The van der Waals surface area contributed by atoms with Crippen molar-refractivity contribution >= 4 is 29.1 Å². The van der Waals surface area contributed by atoms with Crippen LogP contribution >= 0.6 is 23.2 Å². The molecule has 0 aromatic heterocycles. The molecule has 1 amide bonds. The molecule has 2 aromatic carbocycles. The van der Waals surface area contributed by atoms with Gasteiger partial charge in [-0.2, -0.15) is 0 Å². The van der Waals surface area contributed by atoms with E-state index in [4.69, 9.17) is 27.9 Å². The second-order valence-electron chi connectivity index (χ2n) is 5.39. The third-order valence-corrected chi connectivity index (χ3v) is 4.67. The standard InChI is InChI=1S/C17H15Cl2NO2/c1-22-13-5-3-12(4-6-13)17(8-9-17)20-16(21)11-2-7-14(18)15(19)10-11/h2-7,10H,8-9H2,1H3,(H,20,21). The molecule has 0 atom stereocenters. The van der Waals surface area contributed by atoms with Crippen LogP contribution in [-0.2, 0) is 5.54 Å². The predicted molar refractivity (Wildman–Crippen MR) is 87.8 cm³/mol. The monoisotopic (exact) mass is 335 g/mol. The topological polar surface area (TPSA) is 38.3 Å². The molecule has 1 N–H and O–H groups in total. The Hall–Kier alpha value is -1.71. The number of methoxy groups -OCH3 is 1. The molecular formula is C17H15Cl2NO2. The molecule has 0 bridgehead atoms. The molecule has 1 fully saturated rings. The van der Waals surface area contributed by atoms with Gasteiger partial charge >= 0.3 is 0 Å². The van der Waals surface area contributed by atoms with E-state index in [0.29, 0.717) is 15.6 Å². The fraction of sp³-hybridized carbons (Fsp3) is 0.235. The highest BCUT2D eigenvalue weighted by Gasteiger charge is 2.45. The van der Waals surface area contributed by atoms with Gasteiger partial charge < -0.3 is 10.1 Å². The number of amides is 1. The normalized spacial score (nSPS) is 15.2. The lowest BCUT2D eigenvalue weighted by atomic mass is 10.0. The van der Waals surface area contributed by atoms with Gasteiger partial charge in [-0.3, -0.25) is 4.79 Å². The minimum absolute atomic E-state index is 0.146. The van der Waals surface area contributed by atoms with Gasteiger partial charge in [0.1, 0.15) is 5.75 Å². The zero-order valence-corrected chi connectivity index (χ0v) is 13.5. The molecule has 1 aliphatic carbocycles. The number of hydrogen-bond donors (Lipinski definition) is 1. The van der Waals surface area contributed by atoms with Gasteiger partial charge in [-0.25, -0.2) is 0 Å². The summed E-state index contributed by atoms with van der Waals surface area (Å²) >= 11 is 11.8. The largest absolute Gasteiger partial charge is 0.497 e. The Balaban J connectivity index is 1.78. The second-order valence-corrected chi connectivity index (χ2v) is 6.21.